The number of carbonyl (C=O) groups excluding carboxylic acids is 1. The fourth-order valence-electron chi connectivity index (χ4n) is 8.01. The van der Waals surface area contributed by atoms with E-state index >= 15 is 0 Å². The van der Waals surface area contributed by atoms with Crippen LogP contribution in [0.15, 0.2) is 41.2 Å². The van der Waals surface area contributed by atoms with E-state index in [0.717, 1.165) is 68.8 Å². The average molecular weight is 580 g/mol. The van der Waals surface area contributed by atoms with E-state index in [1.807, 2.05) is 29.2 Å². The van der Waals surface area contributed by atoms with Crippen LogP contribution >= 0.6 is 0 Å². The molecule has 3 aromatic rings. The molecule has 10 rings (SSSR count). The highest BCUT2D eigenvalue weighted by molar-refractivity contribution is 6.00. The highest BCUT2D eigenvalue weighted by Crippen LogP contribution is 2.70. The Hall–Kier alpha value is -3.50. The molecule has 0 saturated heterocycles. The summed E-state index contributed by atoms with van der Waals surface area (Å²) in [5.41, 5.74) is -0.565. The number of hydrogen-bond donors (Lipinski definition) is 0. The summed E-state index contributed by atoms with van der Waals surface area (Å²) in [4.78, 5) is 29.2. The summed E-state index contributed by atoms with van der Waals surface area (Å²) < 4.78 is 49.8. The SMILES string of the molecule is O=C(N(CC12CCC(c3nc(C4CC4)no3)(CC1)CC2)c1cccc(-c2ncc(OC(F)F)cn2)c1)C12CC(F)(C1)C2. The van der Waals surface area contributed by atoms with Crippen molar-refractivity contribution in [3.05, 3.63) is 48.4 Å². The molecule has 0 radical (unpaired) electrons. The van der Waals surface area contributed by atoms with Gasteiger partial charge in [-0.25, -0.2) is 14.4 Å². The van der Waals surface area contributed by atoms with Gasteiger partial charge in [-0.2, -0.15) is 13.8 Å². The normalized spacial score (nSPS) is 32.8. The van der Waals surface area contributed by atoms with Gasteiger partial charge in [0.25, 0.3) is 0 Å². The van der Waals surface area contributed by atoms with Crippen LogP contribution in [-0.4, -0.2) is 44.8 Å². The maximum Gasteiger partial charge on any atom is 0.387 e. The number of benzene rings is 1. The predicted octanol–water partition coefficient (Wildman–Crippen LogP) is 6.52. The number of anilines is 1. The van der Waals surface area contributed by atoms with Crippen LogP contribution in [0.3, 0.4) is 0 Å². The second kappa shape index (κ2) is 9.00. The second-order valence-corrected chi connectivity index (χ2v) is 13.5. The molecule has 2 heterocycles. The van der Waals surface area contributed by atoms with E-state index in [-0.39, 0.29) is 22.5 Å². The fourth-order valence-corrected chi connectivity index (χ4v) is 8.01. The van der Waals surface area contributed by atoms with Gasteiger partial charge < -0.3 is 14.2 Å². The van der Waals surface area contributed by atoms with Crippen LogP contribution in [0.4, 0.5) is 18.9 Å². The van der Waals surface area contributed by atoms with Gasteiger partial charge in [-0.05, 0) is 88.2 Å². The lowest BCUT2D eigenvalue weighted by molar-refractivity contribution is -0.211. The third kappa shape index (κ3) is 4.21. The first-order valence-corrected chi connectivity index (χ1v) is 14.9. The summed E-state index contributed by atoms with van der Waals surface area (Å²) in [6.45, 7) is -2.40. The molecule has 7 aliphatic rings. The van der Waals surface area contributed by atoms with Crippen molar-refractivity contribution in [3.8, 4) is 17.1 Å². The Labute approximate surface area is 241 Å². The first-order chi connectivity index (χ1) is 20.2. The Kier molecular flexibility index (Phi) is 5.60. The molecular weight excluding hydrogens is 547 g/mol. The summed E-state index contributed by atoms with van der Waals surface area (Å²) in [7, 11) is 0. The van der Waals surface area contributed by atoms with Gasteiger partial charge in [-0.3, -0.25) is 4.79 Å². The van der Waals surface area contributed by atoms with Gasteiger partial charge in [-0.15, -0.1) is 0 Å². The minimum Gasteiger partial charge on any atom is -0.432 e. The number of hydrogen-bond acceptors (Lipinski definition) is 7. The Balaban J connectivity index is 1.05. The lowest BCUT2D eigenvalue weighted by atomic mass is 9.41. The molecule has 0 aliphatic heterocycles. The van der Waals surface area contributed by atoms with Gasteiger partial charge in [0, 0.05) is 29.1 Å². The van der Waals surface area contributed by atoms with Gasteiger partial charge in [0.2, 0.25) is 11.8 Å². The average Bonchev–Trinajstić information content (AvgIpc) is 3.70. The monoisotopic (exact) mass is 579 g/mol. The van der Waals surface area contributed by atoms with Gasteiger partial charge in [0.1, 0.15) is 5.67 Å². The summed E-state index contributed by atoms with van der Waals surface area (Å²) in [5, 5.41) is 4.28. The Morgan fingerprint density at radius 3 is 2.36 bits per heavy atom. The predicted molar refractivity (Wildman–Crippen MR) is 145 cm³/mol. The minimum atomic E-state index is -2.96. The van der Waals surface area contributed by atoms with Gasteiger partial charge >= 0.3 is 6.61 Å². The van der Waals surface area contributed by atoms with E-state index in [0.29, 0.717) is 43.1 Å². The van der Waals surface area contributed by atoms with Crippen molar-refractivity contribution in [1.29, 1.82) is 0 Å². The number of ether oxygens (including phenoxy) is 1. The van der Waals surface area contributed by atoms with Crippen molar-refractivity contribution < 1.29 is 27.2 Å². The number of halogens is 3. The number of nitrogens with zero attached hydrogens (tertiary/aromatic N) is 5. The molecule has 7 saturated carbocycles. The largest absolute Gasteiger partial charge is 0.432 e. The van der Waals surface area contributed by atoms with Crippen molar-refractivity contribution in [2.75, 3.05) is 11.4 Å². The zero-order chi connectivity index (χ0) is 28.7. The Bertz CT molecular complexity index is 1490. The second-order valence-electron chi connectivity index (χ2n) is 13.5. The fraction of sp³-hybridized carbons (Fsp3) is 0.581. The molecule has 42 heavy (non-hydrogen) atoms. The van der Waals surface area contributed by atoms with Crippen LogP contribution in [-0.2, 0) is 10.2 Å². The Morgan fingerprint density at radius 2 is 1.74 bits per heavy atom. The molecule has 7 fully saturated rings. The van der Waals surface area contributed by atoms with Crippen LogP contribution in [0, 0.1) is 10.8 Å². The molecule has 0 unspecified atom stereocenters. The lowest BCUT2D eigenvalue weighted by Crippen LogP contribution is -2.71. The standard InChI is InChI=1S/C31H32F3N5O3/c32-27(33)41-22-13-35-23(36-14-22)20-2-1-3-21(12-20)39(26(40)30-15-31(34,16-30)17-30)18-28-6-9-29(10-7-28,11-8-28)25-37-24(38-42-25)19-4-5-19/h1-3,12-14,19,27H,4-11,15-18H2. The molecule has 11 heteroatoms. The smallest absolute Gasteiger partial charge is 0.387 e. The summed E-state index contributed by atoms with van der Waals surface area (Å²) >= 11 is 0. The van der Waals surface area contributed by atoms with Crippen LogP contribution in [0.25, 0.3) is 11.4 Å². The van der Waals surface area contributed by atoms with Crippen LogP contribution in [0.2, 0.25) is 0 Å². The van der Waals surface area contributed by atoms with Crippen LogP contribution in [0.5, 0.6) is 5.75 Å². The van der Waals surface area contributed by atoms with Crippen LogP contribution in [0.1, 0.15) is 88.3 Å². The first kappa shape index (κ1) is 26.2. The van der Waals surface area contributed by atoms with E-state index in [1.165, 1.54) is 12.4 Å². The summed E-state index contributed by atoms with van der Waals surface area (Å²) in [5.74, 6) is 2.29. The molecule has 8 nitrogen and oxygen atoms in total. The maximum absolute atomic E-state index is 14.5. The van der Waals surface area contributed by atoms with Crippen molar-refractivity contribution in [3.63, 3.8) is 0 Å². The highest BCUT2D eigenvalue weighted by atomic mass is 19.3. The van der Waals surface area contributed by atoms with E-state index < -0.39 is 17.7 Å². The zero-order valence-electron chi connectivity index (χ0n) is 23.2. The summed E-state index contributed by atoms with van der Waals surface area (Å²) in [6.07, 6.45) is 11.2. The van der Waals surface area contributed by atoms with E-state index in [4.69, 9.17) is 9.51 Å². The third-order valence-corrected chi connectivity index (χ3v) is 10.7. The quantitative estimate of drug-likeness (QED) is 0.285. The Morgan fingerprint density at radius 1 is 1.05 bits per heavy atom. The molecule has 2 aromatic heterocycles. The molecule has 220 valence electrons. The molecule has 7 aliphatic carbocycles. The highest BCUT2D eigenvalue weighted by Gasteiger charge is 2.73. The molecule has 0 spiro atoms. The molecular formula is C31H32F3N5O3. The number of carbonyl (C=O) groups is 1. The third-order valence-electron chi connectivity index (χ3n) is 10.7. The van der Waals surface area contributed by atoms with Crippen LogP contribution < -0.4 is 9.64 Å². The molecule has 4 bridgehead atoms. The van der Waals surface area contributed by atoms with E-state index in [2.05, 4.69) is 19.9 Å². The molecule has 1 aromatic carbocycles. The lowest BCUT2D eigenvalue weighted by Gasteiger charge is -2.65. The van der Waals surface area contributed by atoms with Crippen molar-refractivity contribution >= 4 is 11.6 Å². The number of amides is 1. The number of rotatable bonds is 9. The van der Waals surface area contributed by atoms with Gasteiger partial charge in [0.15, 0.2) is 17.4 Å². The summed E-state index contributed by atoms with van der Waals surface area (Å²) in [6, 6.07) is 7.42. The zero-order valence-corrected chi connectivity index (χ0v) is 23.2. The van der Waals surface area contributed by atoms with E-state index in [1.54, 1.807) is 0 Å². The minimum absolute atomic E-state index is 0.0106. The van der Waals surface area contributed by atoms with Gasteiger partial charge in [0.05, 0.1) is 17.8 Å². The number of fused-ring (bicyclic) bond motifs is 3. The van der Waals surface area contributed by atoms with Gasteiger partial charge in [-0.1, -0.05) is 17.3 Å². The molecule has 1 amide bonds. The van der Waals surface area contributed by atoms with E-state index in [9.17, 15) is 18.0 Å². The van der Waals surface area contributed by atoms with Crippen molar-refractivity contribution in [1.82, 2.24) is 20.1 Å². The molecule has 0 N–H and O–H groups in total. The molecule has 0 atom stereocenters. The number of aromatic nitrogens is 4. The number of alkyl halides is 3. The first-order valence-electron chi connectivity index (χ1n) is 14.9. The van der Waals surface area contributed by atoms with Crippen molar-refractivity contribution in [2.24, 2.45) is 10.8 Å². The topological polar surface area (TPSA) is 94.2 Å². The van der Waals surface area contributed by atoms with Crippen molar-refractivity contribution in [2.45, 2.75) is 94.2 Å². The maximum atomic E-state index is 14.5.